The zero-order valence-electron chi connectivity index (χ0n) is 6.27. The van der Waals surface area contributed by atoms with Crippen LogP contribution in [0, 0.1) is 5.92 Å². The third-order valence-electron chi connectivity index (χ3n) is 0.430. The average Bonchev–Trinajstić information content (AvgIpc) is 1.35. The van der Waals surface area contributed by atoms with Crippen LogP contribution in [-0.2, 0) is 3.79 Å². The molecule has 0 unspecified atom stereocenters. The topological polar surface area (TPSA) is 9.23 Å². The Morgan fingerprint density at radius 2 is 2.33 bits per heavy atom. The summed E-state index contributed by atoms with van der Waals surface area (Å²) in [4.78, 5) is 0. The van der Waals surface area contributed by atoms with E-state index in [1.54, 1.807) is 0 Å². The molecule has 0 spiro atoms. The fourth-order valence-electron chi connectivity index (χ4n) is 0.192. The van der Waals surface area contributed by atoms with E-state index in [0.29, 0.717) is 5.92 Å². The van der Waals surface area contributed by atoms with Gasteiger partial charge < -0.3 is 2.85 Å². The molecule has 6 heavy (non-hydrogen) atoms. The molecular formula is C4H11AlO. The molecule has 0 aliphatic carbocycles. The first-order valence-corrected chi connectivity index (χ1v) is 2.56. The standard InChI is InChI=1S/C4H9O.Al.2H/c1-4(2)3-5;;;/h4H,3H2,1-2H3;;;/q-1;+3;2*-1. The van der Waals surface area contributed by atoms with Gasteiger partial charge in [-0.1, -0.05) is 0 Å². The Bertz CT molecular complexity index is 35.2. The summed E-state index contributed by atoms with van der Waals surface area (Å²) in [6, 6.07) is 0. The fraction of sp³-hybridized carbons (Fsp3) is 1.00. The molecule has 0 rings (SSSR count). The van der Waals surface area contributed by atoms with Crippen LogP contribution >= 0.6 is 0 Å². The van der Waals surface area contributed by atoms with Crippen molar-refractivity contribution in [1.29, 1.82) is 0 Å². The van der Waals surface area contributed by atoms with E-state index in [1.807, 2.05) is 0 Å². The molecule has 0 saturated carbocycles. The predicted octanol–water partition coefficient (Wildman–Crippen LogP) is 0.968. The van der Waals surface area contributed by atoms with E-state index in [2.05, 4.69) is 30.5 Å². The second kappa shape index (κ2) is 3.67. The quantitative estimate of drug-likeness (QED) is 0.472. The maximum absolute atomic E-state index is 4.72. The second-order valence-corrected chi connectivity index (χ2v) is 2.06. The third-order valence-corrected chi connectivity index (χ3v) is 0.622. The molecule has 0 aromatic rings. The van der Waals surface area contributed by atoms with Crippen LogP contribution in [0.2, 0.25) is 0 Å². The molecule has 0 amide bonds. The molecule has 0 radical (unpaired) electrons. The maximum Gasteiger partial charge on any atom is -1.00 e. The van der Waals surface area contributed by atoms with E-state index in [9.17, 15) is 0 Å². The zero-order valence-corrected chi connectivity index (χ0v) is 5.42. The van der Waals surface area contributed by atoms with E-state index >= 15 is 0 Å². The van der Waals surface area contributed by atoms with Gasteiger partial charge in [0.1, 0.15) is 0 Å². The normalized spacial score (nSPS) is 10.2. The largest absolute Gasteiger partial charge is 1.00 e. The summed E-state index contributed by atoms with van der Waals surface area (Å²) in [5.41, 5.74) is 0. The van der Waals surface area contributed by atoms with Crippen molar-refractivity contribution < 1.29 is 6.64 Å². The van der Waals surface area contributed by atoms with Gasteiger partial charge in [-0.2, -0.15) is 0 Å². The third kappa shape index (κ3) is 4.49. The van der Waals surface area contributed by atoms with Crippen LogP contribution < -0.4 is 0 Å². The summed E-state index contributed by atoms with van der Waals surface area (Å²) < 4.78 is 4.72. The predicted molar refractivity (Wildman–Crippen MR) is 28.8 cm³/mol. The van der Waals surface area contributed by atoms with E-state index < -0.39 is 0 Å². The van der Waals surface area contributed by atoms with Crippen LogP contribution in [0.3, 0.4) is 0 Å². The van der Waals surface area contributed by atoms with Gasteiger partial charge in [0, 0.05) is 0 Å². The Balaban J connectivity index is -0.000000125. The minimum atomic E-state index is 0. The van der Waals surface area contributed by atoms with Gasteiger partial charge in [0.15, 0.2) is 0 Å². The van der Waals surface area contributed by atoms with Crippen molar-refractivity contribution in [3.63, 3.8) is 0 Å². The second-order valence-electron chi connectivity index (χ2n) is 1.73. The van der Waals surface area contributed by atoms with Gasteiger partial charge in [-0.3, -0.25) is 0 Å². The van der Waals surface area contributed by atoms with Gasteiger partial charge in [0.25, 0.3) is 0 Å². The Kier molecular flexibility index (Phi) is 3.98. The van der Waals surface area contributed by atoms with E-state index in [1.165, 1.54) is 0 Å². The summed E-state index contributed by atoms with van der Waals surface area (Å²) in [6.45, 7) is 5.07. The van der Waals surface area contributed by atoms with Gasteiger partial charge in [-0.25, -0.2) is 0 Å². The van der Waals surface area contributed by atoms with Gasteiger partial charge in [-0.15, -0.1) is 0 Å². The Hall–Kier alpha value is 0.492. The van der Waals surface area contributed by atoms with E-state index in [-0.39, 0.29) is 2.85 Å². The van der Waals surface area contributed by atoms with Gasteiger partial charge >= 0.3 is 46.8 Å². The summed E-state index contributed by atoms with van der Waals surface area (Å²) in [5, 5.41) is 0. The van der Waals surface area contributed by atoms with Gasteiger partial charge in [-0.05, 0) is 0 Å². The zero-order chi connectivity index (χ0) is 4.99. The van der Waals surface area contributed by atoms with Crippen LogP contribution in [0.15, 0.2) is 0 Å². The minimum Gasteiger partial charge on any atom is -1.00 e. The molecule has 0 fully saturated rings. The van der Waals surface area contributed by atoms with E-state index in [0.717, 1.165) is 6.61 Å². The van der Waals surface area contributed by atoms with Crippen molar-refractivity contribution in [3.8, 4) is 0 Å². The molecule has 0 bridgehead atoms. The summed E-state index contributed by atoms with van der Waals surface area (Å²) >= 11 is 2.22. The van der Waals surface area contributed by atoms with Gasteiger partial charge in [0.05, 0.1) is 0 Å². The Labute approximate surface area is 50.4 Å². The van der Waals surface area contributed by atoms with Crippen molar-refractivity contribution in [2.24, 2.45) is 5.92 Å². The van der Waals surface area contributed by atoms with Crippen molar-refractivity contribution in [3.05, 3.63) is 0 Å². The van der Waals surface area contributed by atoms with Crippen LogP contribution in [0.25, 0.3) is 0 Å². The number of rotatable bonds is 2. The fourth-order valence-corrected chi connectivity index (χ4v) is 0.577. The van der Waals surface area contributed by atoms with Crippen LogP contribution in [-0.4, -0.2) is 23.2 Å². The smallest absolute Gasteiger partial charge is 1.00 e. The Morgan fingerprint density at radius 1 is 1.83 bits per heavy atom. The molecule has 36 valence electrons. The average molecular weight is 102 g/mol. The Morgan fingerprint density at radius 3 is 2.33 bits per heavy atom. The van der Waals surface area contributed by atoms with Crippen molar-refractivity contribution in [2.75, 3.05) is 6.61 Å². The van der Waals surface area contributed by atoms with Crippen molar-refractivity contribution >= 4 is 16.6 Å². The first kappa shape index (κ1) is 6.49. The van der Waals surface area contributed by atoms with Gasteiger partial charge in [0.2, 0.25) is 0 Å². The molecular weight excluding hydrogens is 91.0 g/mol. The summed E-state index contributed by atoms with van der Waals surface area (Å²) in [5.74, 6) is 0.655. The molecule has 0 aromatic carbocycles. The van der Waals surface area contributed by atoms with Crippen LogP contribution in [0.1, 0.15) is 16.7 Å². The minimum absolute atomic E-state index is 0. The first-order valence-electron chi connectivity index (χ1n) is 2.09. The first-order chi connectivity index (χ1) is 2.77. The molecule has 0 heterocycles. The molecule has 2 heteroatoms. The summed E-state index contributed by atoms with van der Waals surface area (Å²) in [7, 11) is 0. The maximum atomic E-state index is 4.72. The molecule has 0 aromatic heterocycles. The molecule has 0 atom stereocenters. The molecule has 0 saturated heterocycles. The van der Waals surface area contributed by atoms with Crippen molar-refractivity contribution in [2.45, 2.75) is 13.8 Å². The molecule has 1 nitrogen and oxygen atoms in total. The molecule has 0 aliphatic heterocycles. The van der Waals surface area contributed by atoms with Crippen LogP contribution in [0.4, 0.5) is 0 Å². The van der Waals surface area contributed by atoms with E-state index in [4.69, 9.17) is 3.79 Å². The molecule has 0 N–H and O–H groups in total. The summed E-state index contributed by atoms with van der Waals surface area (Å²) in [6.07, 6.45) is 0. The number of hydrogen-bond acceptors (Lipinski definition) is 1. The van der Waals surface area contributed by atoms with Crippen LogP contribution in [0.5, 0.6) is 0 Å². The number of hydrogen-bond donors (Lipinski definition) is 0. The molecule has 0 aliphatic rings. The monoisotopic (exact) mass is 102 g/mol. The van der Waals surface area contributed by atoms with Crippen molar-refractivity contribution in [1.82, 2.24) is 0 Å². The SMILES string of the molecule is CC(C)C[O][Al+2].[H-].[H-].